The summed E-state index contributed by atoms with van der Waals surface area (Å²) in [5.41, 5.74) is 1.33. The summed E-state index contributed by atoms with van der Waals surface area (Å²) < 4.78 is 5.33. The Kier molecular flexibility index (Phi) is 4.28. The van der Waals surface area contributed by atoms with Gasteiger partial charge in [0.1, 0.15) is 5.58 Å². The number of halogens is 1. The number of nitrogens with zero attached hydrogens (tertiary/aromatic N) is 1. The Bertz CT molecular complexity index is 1170. The molecule has 5 nitrogen and oxygen atoms in total. The van der Waals surface area contributed by atoms with Crippen molar-refractivity contribution in [1.82, 2.24) is 4.98 Å². The third-order valence-corrected chi connectivity index (χ3v) is 4.76. The first-order chi connectivity index (χ1) is 12.6. The van der Waals surface area contributed by atoms with Crippen LogP contribution in [-0.2, 0) is 0 Å². The summed E-state index contributed by atoms with van der Waals surface area (Å²) in [4.78, 5) is 28.8. The summed E-state index contributed by atoms with van der Waals surface area (Å²) in [5.74, 6) is -0.298. The summed E-state index contributed by atoms with van der Waals surface area (Å²) in [6, 6.07) is 15.5. The van der Waals surface area contributed by atoms with E-state index in [1.165, 1.54) is 11.3 Å². The average Bonchev–Trinajstić information content (AvgIpc) is 3.10. The lowest BCUT2D eigenvalue weighted by molar-refractivity contribution is 0.102. The molecule has 0 saturated carbocycles. The van der Waals surface area contributed by atoms with Crippen molar-refractivity contribution in [2.24, 2.45) is 0 Å². The van der Waals surface area contributed by atoms with Crippen molar-refractivity contribution >= 4 is 44.9 Å². The molecule has 0 bridgehead atoms. The van der Waals surface area contributed by atoms with Crippen LogP contribution in [0, 0.1) is 0 Å². The number of amides is 1. The lowest BCUT2D eigenvalue weighted by atomic mass is 10.1. The topological polar surface area (TPSA) is 72.2 Å². The highest BCUT2D eigenvalue weighted by Crippen LogP contribution is 2.25. The van der Waals surface area contributed by atoms with Crippen LogP contribution < -0.4 is 10.9 Å². The van der Waals surface area contributed by atoms with Gasteiger partial charge in [-0.3, -0.25) is 10.1 Å². The molecule has 4 rings (SSSR count). The Morgan fingerprint density at radius 3 is 2.69 bits per heavy atom. The fraction of sp³-hybridized carbons (Fsp3) is 0. The third kappa shape index (κ3) is 3.24. The second kappa shape index (κ2) is 6.74. The quantitative estimate of drug-likeness (QED) is 0.515. The Balaban J connectivity index is 1.62. The van der Waals surface area contributed by atoms with Gasteiger partial charge in [-0.2, -0.15) is 0 Å². The lowest BCUT2D eigenvalue weighted by Gasteiger charge is -2.02. The Morgan fingerprint density at radius 1 is 1.12 bits per heavy atom. The molecule has 0 spiro atoms. The third-order valence-electron chi connectivity index (χ3n) is 3.75. The van der Waals surface area contributed by atoms with Crippen LogP contribution in [0.4, 0.5) is 5.13 Å². The van der Waals surface area contributed by atoms with Crippen LogP contribution >= 0.6 is 22.9 Å². The van der Waals surface area contributed by atoms with Crippen LogP contribution in [0.1, 0.15) is 10.4 Å². The largest absolute Gasteiger partial charge is 0.422 e. The molecule has 2 heterocycles. The first-order valence-electron chi connectivity index (χ1n) is 7.66. The van der Waals surface area contributed by atoms with E-state index in [0.29, 0.717) is 32.6 Å². The van der Waals surface area contributed by atoms with Crippen molar-refractivity contribution in [3.8, 4) is 11.3 Å². The summed E-state index contributed by atoms with van der Waals surface area (Å²) in [5, 5.41) is 6.18. The summed E-state index contributed by atoms with van der Waals surface area (Å²) >= 11 is 7.06. The van der Waals surface area contributed by atoms with Crippen molar-refractivity contribution < 1.29 is 9.21 Å². The molecular formula is C19H11ClN2O3S. The van der Waals surface area contributed by atoms with Gasteiger partial charge in [-0.05, 0) is 36.4 Å². The molecular weight excluding hydrogens is 372 g/mol. The maximum atomic E-state index is 12.2. The zero-order chi connectivity index (χ0) is 18.1. The van der Waals surface area contributed by atoms with Crippen LogP contribution in [0.3, 0.4) is 0 Å². The second-order valence-corrected chi connectivity index (χ2v) is 6.78. The molecule has 0 fully saturated rings. The number of para-hydroxylation sites is 1. The van der Waals surface area contributed by atoms with Crippen molar-refractivity contribution in [3.05, 3.63) is 81.0 Å². The summed E-state index contributed by atoms with van der Waals surface area (Å²) in [6.07, 6.45) is 0. The van der Waals surface area contributed by atoms with Gasteiger partial charge in [-0.15, -0.1) is 11.3 Å². The molecule has 1 amide bonds. The molecule has 0 aliphatic heterocycles. The van der Waals surface area contributed by atoms with Crippen molar-refractivity contribution in [3.63, 3.8) is 0 Å². The zero-order valence-electron chi connectivity index (χ0n) is 13.2. The highest BCUT2D eigenvalue weighted by molar-refractivity contribution is 7.14. The molecule has 2 aromatic heterocycles. The molecule has 4 aromatic rings. The molecule has 0 unspecified atom stereocenters. The average molecular weight is 383 g/mol. The van der Waals surface area contributed by atoms with Gasteiger partial charge in [0.05, 0.1) is 11.3 Å². The number of nitrogens with one attached hydrogen (secondary N) is 1. The predicted octanol–water partition coefficient (Wildman–Crippen LogP) is 4.82. The van der Waals surface area contributed by atoms with Gasteiger partial charge in [0.2, 0.25) is 0 Å². The normalized spacial score (nSPS) is 10.8. The maximum absolute atomic E-state index is 12.2. The Hall–Kier alpha value is -2.96. The van der Waals surface area contributed by atoms with Crippen LogP contribution in [-0.4, -0.2) is 10.9 Å². The highest BCUT2D eigenvalue weighted by atomic mass is 35.5. The number of hydrogen-bond acceptors (Lipinski definition) is 5. The Labute approximate surface area is 156 Å². The van der Waals surface area contributed by atoms with Crippen molar-refractivity contribution in [2.75, 3.05) is 5.32 Å². The number of fused-ring (bicyclic) bond motifs is 1. The van der Waals surface area contributed by atoms with Crippen molar-refractivity contribution in [2.45, 2.75) is 0 Å². The van der Waals surface area contributed by atoms with Gasteiger partial charge in [0.15, 0.2) is 5.13 Å². The van der Waals surface area contributed by atoms with Crippen LogP contribution in [0.2, 0.25) is 5.02 Å². The second-order valence-electron chi connectivity index (χ2n) is 5.48. The van der Waals surface area contributed by atoms with E-state index in [1.54, 1.807) is 47.8 Å². The smallest absolute Gasteiger partial charge is 0.345 e. The fourth-order valence-corrected chi connectivity index (χ4v) is 3.30. The van der Waals surface area contributed by atoms with E-state index in [1.807, 2.05) is 12.1 Å². The van der Waals surface area contributed by atoms with Gasteiger partial charge in [0.25, 0.3) is 5.91 Å². The SMILES string of the molecule is O=C(Nc1nc(-c2cc3ccccc3oc2=O)cs1)c1ccc(Cl)cc1. The van der Waals surface area contributed by atoms with Gasteiger partial charge in [-0.25, -0.2) is 9.78 Å². The summed E-state index contributed by atoms with van der Waals surface area (Å²) in [6.45, 7) is 0. The number of carbonyl (C=O) groups is 1. The van der Waals surface area contributed by atoms with Crippen LogP contribution in [0.5, 0.6) is 0 Å². The standard InChI is InChI=1S/C19H11ClN2O3S/c20-13-7-5-11(6-8-13)17(23)22-19-21-15(10-26-19)14-9-12-3-1-2-4-16(12)25-18(14)24/h1-10H,(H,21,22,23). The number of thiazole rings is 1. The van der Waals surface area contributed by atoms with E-state index in [2.05, 4.69) is 10.3 Å². The number of hydrogen-bond donors (Lipinski definition) is 1. The minimum Gasteiger partial charge on any atom is -0.422 e. The molecule has 0 aliphatic rings. The van der Waals surface area contributed by atoms with E-state index < -0.39 is 5.63 Å². The number of anilines is 1. The van der Waals surface area contributed by atoms with E-state index in [-0.39, 0.29) is 5.91 Å². The van der Waals surface area contributed by atoms with Gasteiger partial charge in [0, 0.05) is 21.4 Å². The van der Waals surface area contributed by atoms with E-state index in [0.717, 1.165) is 5.39 Å². The minimum absolute atomic E-state index is 0.298. The maximum Gasteiger partial charge on any atom is 0.345 e. The molecule has 7 heteroatoms. The number of aromatic nitrogens is 1. The molecule has 0 atom stereocenters. The van der Waals surface area contributed by atoms with Gasteiger partial charge < -0.3 is 4.42 Å². The minimum atomic E-state index is -0.468. The van der Waals surface area contributed by atoms with Gasteiger partial charge in [-0.1, -0.05) is 29.8 Å². The van der Waals surface area contributed by atoms with E-state index >= 15 is 0 Å². The molecule has 26 heavy (non-hydrogen) atoms. The monoisotopic (exact) mass is 382 g/mol. The molecule has 0 radical (unpaired) electrons. The molecule has 2 aromatic carbocycles. The number of benzene rings is 2. The van der Waals surface area contributed by atoms with Crippen molar-refractivity contribution in [1.29, 1.82) is 0 Å². The summed E-state index contributed by atoms with van der Waals surface area (Å²) in [7, 11) is 0. The first kappa shape index (κ1) is 16.5. The number of carbonyl (C=O) groups excluding carboxylic acids is 1. The Morgan fingerprint density at radius 2 is 1.88 bits per heavy atom. The van der Waals surface area contributed by atoms with Gasteiger partial charge >= 0.3 is 5.63 Å². The molecule has 0 aliphatic carbocycles. The lowest BCUT2D eigenvalue weighted by Crippen LogP contribution is -2.11. The predicted molar refractivity (Wildman–Crippen MR) is 103 cm³/mol. The van der Waals surface area contributed by atoms with E-state index in [4.69, 9.17) is 16.0 Å². The van der Waals surface area contributed by atoms with E-state index in [9.17, 15) is 9.59 Å². The highest BCUT2D eigenvalue weighted by Gasteiger charge is 2.13. The van der Waals surface area contributed by atoms with Crippen LogP contribution in [0.25, 0.3) is 22.2 Å². The molecule has 1 N–H and O–H groups in total. The molecule has 128 valence electrons. The van der Waals surface area contributed by atoms with Crippen LogP contribution in [0.15, 0.2) is 69.2 Å². The zero-order valence-corrected chi connectivity index (χ0v) is 14.8. The molecule has 0 saturated heterocycles. The first-order valence-corrected chi connectivity index (χ1v) is 8.91. The number of rotatable bonds is 3. The fourth-order valence-electron chi connectivity index (χ4n) is 2.47.